The van der Waals surface area contributed by atoms with Crippen LogP contribution in [-0.2, 0) is 10.0 Å². The first-order chi connectivity index (χ1) is 11.1. The second kappa shape index (κ2) is 6.52. The van der Waals surface area contributed by atoms with Gasteiger partial charge in [-0.05, 0) is 43.3 Å². The summed E-state index contributed by atoms with van der Waals surface area (Å²) in [5.41, 5.74) is 0.263. The number of hydrogen-bond acceptors (Lipinski definition) is 4. The lowest BCUT2D eigenvalue weighted by Crippen LogP contribution is -2.17. The van der Waals surface area contributed by atoms with Gasteiger partial charge in [-0.15, -0.1) is 13.2 Å². The molecule has 0 fully saturated rings. The average Bonchev–Trinajstić information content (AvgIpc) is 2.46. The van der Waals surface area contributed by atoms with Crippen molar-refractivity contribution in [3.8, 4) is 5.75 Å². The Kier molecular flexibility index (Phi) is 4.83. The van der Waals surface area contributed by atoms with E-state index in [1.54, 1.807) is 12.1 Å². The van der Waals surface area contributed by atoms with Crippen molar-refractivity contribution in [2.24, 2.45) is 0 Å². The molecule has 1 N–H and O–H groups in total. The van der Waals surface area contributed by atoms with Gasteiger partial charge in [0.25, 0.3) is 10.0 Å². The van der Waals surface area contributed by atoms with Gasteiger partial charge in [0, 0.05) is 5.56 Å². The predicted molar refractivity (Wildman–Crippen MR) is 80.4 cm³/mol. The fourth-order valence-electron chi connectivity index (χ4n) is 1.90. The summed E-state index contributed by atoms with van der Waals surface area (Å²) < 4.78 is 66.8. The van der Waals surface area contributed by atoms with Gasteiger partial charge in [0.15, 0.2) is 5.78 Å². The van der Waals surface area contributed by atoms with Crippen LogP contribution in [0.1, 0.15) is 17.3 Å². The van der Waals surface area contributed by atoms with Crippen molar-refractivity contribution in [2.45, 2.75) is 18.2 Å². The van der Waals surface area contributed by atoms with Crippen LogP contribution in [0.2, 0.25) is 0 Å². The summed E-state index contributed by atoms with van der Waals surface area (Å²) in [5, 5.41) is 0. The third-order valence-corrected chi connectivity index (χ3v) is 4.30. The van der Waals surface area contributed by atoms with Gasteiger partial charge in [0.1, 0.15) is 5.75 Å². The van der Waals surface area contributed by atoms with Crippen molar-refractivity contribution < 1.29 is 31.1 Å². The van der Waals surface area contributed by atoms with Crippen molar-refractivity contribution in [1.29, 1.82) is 0 Å². The van der Waals surface area contributed by atoms with Gasteiger partial charge in [0.05, 0.1) is 10.6 Å². The number of ketones is 1. The first-order valence-electron chi connectivity index (χ1n) is 6.57. The van der Waals surface area contributed by atoms with Crippen LogP contribution < -0.4 is 9.46 Å². The van der Waals surface area contributed by atoms with E-state index in [4.69, 9.17) is 0 Å². The molecule has 2 rings (SSSR count). The van der Waals surface area contributed by atoms with E-state index in [1.165, 1.54) is 19.1 Å². The summed E-state index contributed by atoms with van der Waals surface area (Å²) in [7, 11) is -4.07. The van der Waals surface area contributed by atoms with Crippen LogP contribution in [0.5, 0.6) is 5.75 Å². The fraction of sp³-hybridized carbons (Fsp3) is 0.133. The molecule has 0 aliphatic rings. The second-order valence-corrected chi connectivity index (χ2v) is 6.41. The molecule has 0 spiro atoms. The lowest BCUT2D eigenvalue weighted by Gasteiger charge is -2.12. The van der Waals surface area contributed by atoms with Crippen molar-refractivity contribution in [2.75, 3.05) is 4.72 Å². The molecular weight excluding hydrogens is 347 g/mol. The molecule has 0 saturated carbocycles. The van der Waals surface area contributed by atoms with Crippen LogP contribution >= 0.6 is 0 Å². The normalized spacial score (nSPS) is 11.8. The number of hydrogen-bond donors (Lipinski definition) is 1. The summed E-state index contributed by atoms with van der Waals surface area (Å²) in [4.78, 5) is 11.2. The molecule has 2 aromatic rings. The van der Waals surface area contributed by atoms with Crippen molar-refractivity contribution in [3.05, 3.63) is 54.1 Å². The monoisotopic (exact) mass is 359 g/mol. The Hall–Kier alpha value is -2.55. The number of rotatable bonds is 5. The van der Waals surface area contributed by atoms with Gasteiger partial charge in [-0.25, -0.2) is 8.42 Å². The number of sulfonamides is 1. The molecule has 5 nitrogen and oxygen atoms in total. The topological polar surface area (TPSA) is 72.5 Å². The van der Waals surface area contributed by atoms with Crippen LogP contribution in [0.15, 0.2) is 53.4 Å². The number of Topliss-reactive ketones (excluding diaryl/α,β-unsaturated/α-hetero) is 1. The average molecular weight is 359 g/mol. The Bertz CT molecular complexity index is 846. The van der Waals surface area contributed by atoms with E-state index >= 15 is 0 Å². The van der Waals surface area contributed by atoms with E-state index in [0.717, 1.165) is 24.3 Å². The number of para-hydroxylation sites is 1. The molecule has 0 unspecified atom stereocenters. The smallest absolute Gasteiger partial charge is 0.406 e. The predicted octanol–water partition coefficient (Wildman–Crippen LogP) is 3.59. The third-order valence-electron chi connectivity index (χ3n) is 2.92. The van der Waals surface area contributed by atoms with Gasteiger partial charge < -0.3 is 4.74 Å². The highest BCUT2D eigenvalue weighted by atomic mass is 32.2. The largest absolute Gasteiger partial charge is 0.573 e. The van der Waals surface area contributed by atoms with E-state index < -0.39 is 22.1 Å². The Balaban J connectivity index is 2.27. The van der Waals surface area contributed by atoms with E-state index in [9.17, 15) is 26.4 Å². The van der Waals surface area contributed by atoms with E-state index in [0.29, 0.717) is 0 Å². The van der Waals surface area contributed by atoms with Crippen LogP contribution in [0, 0.1) is 0 Å². The molecule has 2 aromatic carbocycles. The number of alkyl halides is 3. The highest BCUT2D eigenvalue weighted by Gasteiger charge is 2.31. The lowest BCUT2D eigenvalue weighted by molar-refractivity contribution is -0.274. The van der Waals surface area contributed by atoms with Crippen molar-refractivity contribution in [3.63, 3.8) is 0 Å². The fourth-order valence-corrected chi connectivity index (χ4v) is 2.98. The van der Waals surface area contributed by atoms with Crippen LogP contribution in [-0.4, -0.2) is 20.6 Å². The number of halogens is 3. The number of carbonyl (C=O) groups excluding carboxylic acids is 1. The second-order valence-electron chi connectivity index (χ2n) is 4.73. The lowest BCUT2D eigenvalue weighted by atomic mass is 10.1. The SMILES string of the molecule is CC(=O)c1ccccc1NS(=O)(=O)c1ccc(OC(F)(F)F)cc1. The maximum Gasteiger partial charge on any atom is 0.573 e. The molecule has 24 heavy (non-hydrogen) atoms. The molecule has 0 atom stereocenters. The van der Waals surface area contributed by atoms with Gasteiger partial charge in [-0.3, -0.25) is 9.52 Å². The molecule has 0 bridgehead atoms. The van der Waals surface area contributed by atoms with Gasteiger partial charge >= 0.3 is 6.36 Å². The van der Waals surface area contributed by atoms with Crippen molar-refractivity contribution in [1.82, 2.24) is 0 Å². The molecule has 0 radical (unpaired) electrons. The van der Waals surface area contributed by atoms with Gasteiger partial charge in [0.2, 0.25) is 0 Å². The van der Waals surface area contributed by atoms with Gasteiger partial charge in [-0.1, -0.05) is 12.1 Å². The highest BCUT2D eigenvalue weighted by Crippen LogP contribution is 2.25. The molecule has 0 saturated heterocycles. The van der Waals surface area contributed by atoms with Crippen molar-refractivity contribution >= 4 is 21.5 Å². The Morgan fingerprint density at radius 3 is 2.17 bits per heavy atom. The van der Waals surface area contributed by atoms with E-state index in [2.05, 4.69) is 9.46 Å². The number of anilines is 1. The maximum atomic E-state index is 12.3. The zero-order chi connectivity index (χ0) is 18.0. The quantitative estimate of drug-likeness (QED) is 0.828. The number of nitrogens with one attached hydrogen (secondary N) is 1. The first kappa shape index (κ1) is 17.8. The minimum atomic E-state index is -4.86. The van der Waals surface area contributed by atoms with Crippen LogP contribution in [0.25, 0.3) is 0 Å². The minimum Gasteiger partial charge on any atom is -0.406 e. The molecule has 0 aliphatic heterocycles. The van der Waals surface area contributed by atoms with Gasteiger partial charge in [-0.2, -0.15) is 0 Å². The number of ether oxygens (including phenoxy) is 1. The Morgan fingerprint density at radius 1 is 1.04 bits per heavy atom. The number of benzene rings is 2. The molecule has 128 valence electrons. The summed E-state index contributed by atoms with van der Waals surface area (Å²) >= 11 is 0. The molecule has 0 amide bonds. The van der Waals surface area contributed by atoms with E-state index in [-0.39, 0.29) is 21.9 Å². The summed E-state index contributed by atoms with van der Waals surface area (Å²) in [6.07, 6.45) is -4.86. The summed E-state index contributed by atoms with van der Waals surface area (Å²) in [5.74, 6) is -0.868. The molecule has 0 aromatic heterocycles. The third kappa shape index (κ3) is 4.48. The number of carbonyl (C=O) groups is 1. The summed E-state index contributed by atoms with van der Waals surface area (Å²) in [6.45, 7) is 1.29. The Morgan fingerprint density at radius 2 is 1.62 bits per heavy atom. The zero-order valence-corrected chi connectivity index (χ0v) is 13.1. The maximum absolute atomic E-state index is 12.3. The van der Waals surface area contributed by atoms with Crippen LogP contribution in [0.4, 0.5) is 18.9 Å². The van der Waals surface area contributed by atoms with E-state index in [1.807, 2.05) is 0 Å². The molecule has 0 heterocycles. The standard InChI is InChI=1S/C15H12F3NO4S/c1-10(20)13-4-2-3-5-14(13)19-24(21,22)12-8-6-11(7-9-12)23-15(16,17)18/h2-9,19H,1H3. The molecule has 0 aliphatic carbocycles. The molecular formula is C15H12F3NO4S. The van der Waals surface area contributed by atoms with Crippen LogP contribution in [0.3, 0.4) is 0 Å². The first-order valence-corrected chi connectivity index (χ1v) is 8.05. The summed E-state index contributed by atoms with van der Waals surface area (Å²) in [6, 6.07) is 9.72. The molecule has 9 heteroatoms. The highest BCUT2D eigenvalue weighted by molar-refractivity contribution is 7.92. The zero-order valence-electron chi connectivity index (χ0n) is 12.3. The minimum absolute atomic E-state index is 0.0839. The Labute approximate surface area is 136 Å².